The van der Waals surface area contributed by atoms with Gasteiger partial charge in [-0.15, -0.1) is 0 Å². The molecular weight excluding hydrogens is 399 g/mol. The Hall–Kier alpha value is -2.80. The summed E-state index contributed by atoms with van der Waals surface area (Å²) in [5.41, 5.74) is 4.45. The Morgan fingerprint density at radius 1 is 1.03 bits per heavy atom. The molecule has 30 heavy (non-hydrogen) atoms. The third kappa shape index (κ3) is 3.27. The number of H-pyrrole nitrogens is 1. The van der Waals surface area contributed by atoms with Crippen molar-refractivity contribution in [1.29, 1.82) is 0 Å². The Labute approximate surface area is 174 Å². The molecule has 1 aliphatic heterocycles. The minimum absolute atomic E-state index is 0.158. The first-order chi connectivity index (χ1) is 14.4. The molecule has 1 aliphatic rings. The monoisotopic (exact) mass is 422 g/mol. The lowest BCUT2D eigenvalue weighted by atomic mass is 9.92. The number of halogens is 1. The second kappa shape index (κ2) is 7.16. The van der Waals surface area contributed by atoms with Gasteiger partial charge in [-0.1, -0.05) is 26.0 Å². The summed E-state index contributed by atoms with van der Waals surface area (Å²) in [5.74, 6) is 1.80. The molecule has 0 amide bonds. The van der Waals surface area contributed by atoms with Crippen LogP contribution in [0.2, 0.25) is 0 Å². The van der Waals surface area contributed by atoms with Crippen molar-refractivity contribution in [1.82, 2.24) is 15.0 Å². The Bertz CT molecular complexity index is 1370. The molecule has 1 saturated heterocycles. The van der Waals surface area contributed by atoms with Crippen LogP contribution < -0.4 is 0 Å². The van der Waals surface area contributed by atoms with E-state index in [1.807, 2.05) is 12.1 Å². The third-order valence-corrected chi connectivity index (χ3v) is 8.07. The molecule has 1 N–H and O–H groups in total. The lowest BCUT2D eigenvalue weighted by Crippen LogP contribution is -2.03. The second-order valence-electron chi connectivity index (χ2n) is 8.16. The van der Waals surface area contributed by atoms with E-state index in [0.717, 1.165) is 51.5 Å². The van der Waals surface area contributed by atoms with Crippen molar-refractivity contribution < 1.29 is 8.60 Å². The number of pyridine rings is 1. The molecule has 0 unspecified atom stereocenters. The molecule has 154 valence electrons. The topological polar surface area (TPSA) is 71.0 Å². The van der Waals surface area contributed by atoms with E-state index in [-0.39, 0.29) is 11.7 Å². The van der Waals surface area contributed by atoms with E-state index in [2.05, 4.69) is 28.8 Å². The molecule has 0 saturated carbocycles. The Morgan fingerprint density at radius 3 is 2.30 bits per heavy atom. The number of nitrogens with zero attached hydrogens (tertiary/aromatic N) is 3. The van der Waals surface area contributed by atoms with Gasteiger partial charge in [-0.25, -0.2) is 18.6 Å². The summed E-state index contributed by atoms with van der Waals surface area (Å²) in [6, 6.07) is 10.5. The number of hydrogen-bond donors (Lipinski definition) is 1. The first-order valence-corrected chi connectivity index (χ1v) is 12.1. The zero-order valence-electron chi connectivity index (χ0n) is 17.0. The Balaban J connectivity index is 1.91. The maximum absolute atomic E-state index is 13.6. The second-order valence-corrected chi connectivity index (χ2v) is 10.7. The molecule has 5 nitrogen and oxygen atoms in total. The van der Waals surface area contributed by atoms with Crippen LogP contribution in [0, 0.1) is 5.82 Å². The molecule has 0 spiro atoms. The van der Waals surface area contributed by atoms with Gasteiger partial charge in [0.05, 0.1) is 20.8 Å². The fraction of sp³-hybridized carbons (Fsp3) is 0.304. The van der Waals surface area contributed by atoms with Gasteiger partial charge >= 0.3 is 0 Å². The lowest BCUT2D eigenvalue weighted by molar-refractivity contribution is 0.628. The van der Waals surface area contributed by atoms with Gasteiger partial charge in [0.2, 0.25) is 0 Å². The Kier molecular flexibility index (Phi) is 4.58. The maximum atomic E-state index is 13.6. The summed E-state index contributed by atoms with van der Waals surface area (Å²) in [7, 11) is -2.26. The molecule has 3 heterocycles. The van der Waals surface area contributed by atoms with Crippen molar-refractivity contribution in [2.45, 2.75) is 32.6 Å². The molecule has 0 aliphatic carbocycles. The fourth-order valence-corrected chi connectivity index (χ4v) is 6.36. The molecule has 4 aromatic rings. The highest BCUT2D eigenvalue weighted by molar-refractivity contribution is 7.93. The average molecular weight is 423 g/mol. The molecule has 2 aromatic carbocycles. The number of aromatic nitrogens is 3. The van der Waals surface area contributed by atoms with E-state index in [0.29, 0.717) is 17.3 Å². The van der Waals surface area contributed by atoms with E-state index >= 15 is 0 Å². The average Bonchev–Trinajstić information content (AvgIpc) is 3.35. The van der Waals surface area contributed by atoms with Crippen LogP contribution in [0.5, 0.6) is 0 Å². The lowest BCUT2D eigenvalue weighted by Gasteiger charge is -2.19. The SMILES string of the molecule is CC(C)c1[nH]c(N=S2(=O)CCCC2)c2cc3ncnc3cc2c1-c1ccc(F)cc1. The number of imidazole rings is 1. The van der Waals surface area contributed by atoms with Crippen LogP contribution >= 0.6 is 0 Å². The van der Waals surface area contributed by atoms with Gasteiger partial charge in [-0.2, -0.15) is 4.36 Å². The summed E-state index contributed by atoms with van der Waals surface area (Å²) in [5, 5.41) is 1.82. The van der Waals surface area contributed by atoms with Gasteiger partial charge in [0.15, 0.2) is 0 Å². The zero-order chi connectivity index (χ0) is 20.9. The van der Waals surface area contributed by atoms with E-state index in [9.17, 15) is 8.60 Å². The minimum Gasteiger partial charge on any atom is -0.342 e. The highest BCUT2D eigenvalue weighted by Gasteiger charge is 2.21. The number of rotatable bonds is 3. The molecule has 7 heteroatoms. The summed E-state index contributed by atoms with van der Waals surface area (Å²) in [6.07, 6.45) is 3.44. The van der Waals surface area contributed by atoms with Gasteiger partial charge in [0.25, 0.3) is 0 Å². The molecular formula is C23H23FN4OS. The Morgan fingerprint density at radius 2 is 1.67 bits per heavy atom. The van der Waals surface area contributed by atoms with Crippen molar-refractivity contribution in [3.05, 3.63) is 54.2 Å². The van der Waals surface area contributed by atoms with Crippen molar-refractivity contribution in [3.63, 3.8) is 0 Å². The largest absolute Gasteiger partial charge is 0.342 e. The third-order valence-electron chi connectivity index (χ3n) is 5.70. The first kappa shape index (κ1) is 19.2. The predicted molar refractivity (Wildman–Crippen MR) is 120 cm³/mol. The quantitative estimate of drug-likeness (QED) is 0.444. The highest BCUT2D eigenvalue weighted by atomic mass is 32.2. The summed E-state index contributed by atoms with van der Waals surface area (Å²) < 4.78 is 31.6. The summed E-state index contributed by atoms with van der Waals surface area (Å²) in [6.45, 7) is 4.20. The van der Waals surface area contributed by atoms with Crippen LogP contribution in [0.3, 0.4) is 0 Å². The fourth-order valence-electron chi connectivity index (χ4n) is 4.19. The smallest absolute Gasteiger partial charge is 0.147 e. The van der Waals surface area contributed by atoms with E-state index in [4.69, 9.17) is 4.36 Å². The zero-order valence-corrected chi connectivity index (χ0v) is 17.8. The van der Waals surface area contributed by atoms with E-state index in [1.54, 1.807) is 18.5 Å². The van der Waals surface area contributed by atoms with Gasteiger partial charge in [-0.05, 0) is 54.0 Å². The van der Waals surface area contributed by atoms with Gasteiger partial charge in [0.1, 0.15) is 18.0 Å². The number of fused-ring (bicyclic) bond motifs is 2. The van der Waals surface area contributed by atoms with Crippen LogP contribution in [-0.4, -0.2) is 30.7 Å². The van der Waals surface area contributed by atoms with Crippen LogP contribution in [0.15, 0.2) is 47.1 Å². The normalized spacial score (nSPS) is 16.0. The van der Waals surface area contributed by atoms with Crippen molar-refractivity contribution in [2.24, 2.45) is 4.36 Å². The van der Waals surface area contributed by atoms with E-state index < -0.39 is 9.73 Å². The molecule has 0 bridgehead atoms. The molecule has 0 atom stereocenters. The van der Waals surface area contributed by atoms with Crippen LogP contribution in [-0.2, 0) is 9.73 Å². The summed E-state index contributed by atoms with van der Waals surface area (Å²) >= 11 is 0. The maximum Gasteiger partial charge on any atom is 0.147 e. The van der Waals surface area contributed by atoms with Gasteiger partial charge in [-0.3, -0.25) is 0 Å². The molecule has 5 rings (SSSR count). The number of benzene rings is 2. The van der Waals surface area contributed by atoms with Crippen molar-refractivity contribution >= 4 is 37.4 Å². The standard InChI is InChI=1S/C23H23FN4OS/c1-14(2)22-21(15-5-7-16(24)8-6-15)17-11-19-20(26-13-25-19)12-18(17)23(27-22)28-30(29)9-3-4-10-30/h5-8,11-14,27H,3-4,9-10H2,1-2H3. The van der Waals surface area contributed by atoms with Crippen LogP contribution in [0.25, 0.3) is 32.9 Å². The van der Waals surface area contributed by atoms with Crippen molar-refractivity contribution in [3.8, 4) is 11.1 Å². The molecule has 0 radical (unpaired) electrons. The van der Waals surface area contributed by atoms with Crippen LogP contribution in [0.1, 0.15) is 38.3 Å². The predicted octanol–water partition coefficient (Wildman–Crippen LogP) is 5.93. The van der Waals surface area contributed by atoms with Crippen molar-refractivity contribution in [2.75, 3.05) is 11.5 Å². The van der Waals surface area contributed by atoms with Gasteiger partial charge < -0.3 is 4.98 Å². The molecule has 2 aromatic heterocycles. The minimum atomic E-state index is -2.26. The first-order valence-electron chi connectivity index (χ1n) is 10.2. The molecule has 1 fully saturated rings. The summed E-state index contributed by atoms with van der Waals surface area (Å²) in [4.78, 5) is 12.2. The number of nitrogens with one attached hydrogen (secondary N) is 1. The van der Waals surface area contributed by atoms with Crippen LogP contribution in [0.4, 0.5) is 10.2 Å². The number of hydrogen-bond acceptors (Lipinski definition) is 4. The number of aromatic amines is 1. The van der Waals surface area contributed by atoms with Gasteiger partial charge in [0, 0.05) is 28.1 Å². The van der Waals surface area contributed by atoms with E-state index in [1.165, 1.54) is 12.1 Å². The highest BCUT2D eigenvalue weighted by Crippen LogP contribution is 2.40.